The van der Waals surface area contributed by atoms with Crippen molar-refractivity contribution in [3.8, 4) is 0 Å². The lowest BCUT2D eigenvalue weighted by Gasteiger charge is -2.01. The molecule has 0 radical (unpaired) electrons. The number of aromatic nitrogens is 1. The van der Waals surface area contributed by atoms with Crippen molar-refractivity contribution >= 4 is 45.1 Å². The van der Waals surface area contributed by atoms with Crippen LogP contribution in [-0.2, 0) is 4.79 Å². The topological polar surface area (TPSA) is 44.9 Å². The largest absolute Gasteiger partial charge is 0.357 e. The minimum atomic E-state index is -0.0436. The number of H-pyrrole nitrogens is 1. The van der Waals surface area contributed by atoms with E-state index in [0.29, 0.717) is 0 Å². The van der Waals surface area contributed by atoms with Crippen LogP contribution >= 0.6 is 22.6 Å². The lowest BCUT2D eigenvalue weighted by molar-refractivity contribution is -0.114. The Morgan fingerprint density at radius 3 is 2.87 bits per heavy atom. The summed E-state index contributed by atoms with van der Waals surface area (Å²) in [5, 5.41) is 3.91. The molecular formula is C11H11IN2O. The second-order valence-electron chi connectivity index (χ2n) is 3.50. The number of anilines is 1. The van der Waals surface area contributed by atoms with Gasteiger partial charge in [0.1, 0.15) is 0 Å². The van der Waals surface area contributed by atoms with E-state index in [1.165, 1.54) is 6.92 Å². The standard InChI is InChI=1S/C11H11IN2O/c1-6-11(14-7(2)15)9-5-8(12)3-4-10(9)13-6/h3-5,13H,1-2H3,(H,14,15). The number of benzene rings is 1. The summed E-state index contributed by atoms with van der Waals surface area (Å²) < 4.78 is 1.16. The molecule has 2 N–H and O–H groups in total. The molecule has 1 amide bonds. The van der Waals surface area contributed by atoms with Crippen molar-refractivity contribution in [3.63, 3.8) is 0 Å². The number of fused-ring (bicyclic) bond motifs is 1. The van der Waals surface area contributed by atoms with Gasteiger partial charge in [-0.1, -0.05) is 0 Å². The first-order chi connectivity index (χ1) is 7.08. The summed E-state index contributed by atoms with van der Waals surface area (Å²) >= 11 is 2.26. The van der Waals surface area contributed by atoms with E-state index < -0.39 is 0 Å². The molecule has 0 fully saturated rings. The Hall–Kier alpha value is -1.04. The molecule has 0 aliphatic heterocycles. The number of carbonyl (C=O) groups is 1. The number of carbonyl (C=O) groups excluding carboxylic acids is 1. The van der Waals surface area contributed by atoms with Gasteiger partial charge in [-0.15, -0.1) is 0 Å². The molecule has 0 spiro atoms. The summed E-state index contributed by atoms with van der Waals surface area (Å²) in [4.78, 5) is 14.3. The average Bonchev–Trinajstić information content (AvgIpc) is 2.43. The molecule has 0 aliphatic rings. The Balaban J connectivity index is 2.65. The summed E-state index contributed by atoms with van der Waals surface area (Å²) in [7, 11) is 0. The van der Waals surface area contributed by atoms with Crippen molar-refractivity contribution in [1.29, 1.82) is 0 Å². The van der Waals surface area contributed by atoms with E-state index in [9.17, 15) is 4.79 Å². The molecule has 1 aromatic carbocycles. The lowest BCUT2D eigenvalue weighted by Crippen LogP contribution is -2.06. The summed E-state index contributed by atoms with van der Waals surface area (Å²) in [6, 6.07) is 6.12. The molecule has 0 saturated heterocycles. The fraction of sp³-hybridized carbons (Fsp3) is 0.182. The van der Waals surface area contributed by atoms with Crippen LogP contribution in [0.2, 0.25) is 0 Å². The first-order valence-electron chi connectivity index (χ1n) is 4.63. The van der Waals surface area contributed by atoms with Gasteiger partial charge in [-0.2, -0.15) is 0 Å². The molecule has 2 rings (SSSR count). The molecule has 2 aromatic rings. The molecule has 0 aliphatic carbocycles. The fourth-order valence-electron chi connectivity index (χ4n) is 1.64. The van der Waals surface area contributed by atoms with Crippen molar-refractivity contribution < 1.29 is 4.79 Å². The monoisotopic (exact) mass is 314 g/mol. The molecule has 0 unspecified atom stereocenters. The van der Waals surface area contributed by atoms with Crippen LogP contribution in [0.25, 0.3) is 10.9 Å². The number of aromatic amines is 1. The minimum Gasteiger partial charge on any atom is -0.357 e. The van der Waals surface area contributed by atoms with Crippen LogP contribution < -0.4 is 5.32 Å². The Morgan fingerprint density at radius 2 is 2.20 bits per heavy atom. The number of nitrogens with one attached hydrogen (secondary N) is 2. The van der Waals surface area contributed by atoms with Crippen LogP contribution in [-0.4, -0.2) is 10.9 Å². The maximum absolute atomic E-state index is 11.1. The number of rotatable bonds is 1. The van der Waals surface area contributed by atoms with Gasteiger partial charge in [-0.05, 0) is 47.7 Å². The van der Waals surface area contributed by atoms with E-state index in [1.807, 2.05) is 19.1 Å². The summed E-state index contributed by atoms with van der Waals surface area (Å²) in [5.74, 6) is -0.0436. The minimum absolute atomic E-state index is 0.0436. The van der Waals surface area contributed by atoms with Crippen molar-refractivity contribution in [1.82, 2.24) is 4.98 Å². The van der Waals surface area contributed by atoms with Crippen molar-refractivity contribution in [3.05, 3.63) is 27.5 Å². The van der Waals surface area contributed by atoms with E-state index in [1.54, 1.807) is 0 Å². The number of hydrogen-bond donors (Lipinski definition) is 2. The normalized spacial score (nSPS) is 10.6. The van der Waals surface area contributed by atoms with Gasteiger partial charge < -0.3 is 10.3 Å². The maximum Gasteiger partial charge on any atom is 0.221 e. The number of halogens is 1. The van der Waals surface area contributed by atoms with Crippen molar-refractivity contribution in [2.75, 3.05) is 5.32 Å². The van der Waals surface area contributed by atoms with Crippen LogP contribution in [0.1, 0.15) is 12.6 Å². The van der Waals surface area contributed by atoms with E-state index in [-0.39, 0.29) is 5.91 Å². The first kappa shape index (κ1) is 10.5. The summed E-state index contributed by atoms with van der Waals surface area (Å²) in [6.45, 7) is 3.48. The van der Waals surface area contributed by atoms with Gasteiger partial charge in [0, 0.05) is 27.1 Å². The Kier molecular flexibility index (Phi) is 2.68. The first-order valence-corrected chi connectivity index (χ1v) is 5.71. The highest BCUT2D eigenvalue weighted by Crippen LogP contribution is 2.28. The third kappa shape index (κ3) is 1.99. The van der Waals surface area contributed by atoms with Gasteiger partial charge in [0.05, 0.1) is 5.69 Å². The third-order valence-electron chi connectivity index (χ3n) is 2.25. The van der Waals surface area contributed by atoms with Crippen molar-refractivity contribution in [2.24, 2.45) is 0 Å². The van der Waals surface area contributed by atoms with Gasteiger partial charge in [-0.25, -0.2) is 0 Å². The van der Waals surface area contributed by atoms with Gasteiger partial charge in [-0.3, -0.25) is 4.79 Å². The average molecular weight is 314 g/mol. The zero-order valence-corrected chi connectivity index (χ0v) is 10.7. The quantitative estimate of drug-likeness (QED) is 0.781. The fourth-order valence-corrected chi connectivity index (χ4v) is 2.13. The second-order valence-corrected chi connectivity index (χ2v) is 4.74. The smallest absolute Gasteiger partial charge is 0.221 e. The SMILES string of the molecule is CC(=O)Nc1c(C)[nH]c2ccc(I)cc12. The molecule has 1 heterocycles. The molecule has 15 heavy (non-hydrogen) atoms. The van der Waals surface area contributed by atoms with E-state index in [2.05, 4.69) is 39.0 Å². The molecule has 0 bridgehead atoms. The number of amides is 1. The molecule has 3 nitrogen and oxygen atoms in total. The van der Waals surface area contributed by atoms with Gasteiger partial charge in [0.25, 0.3) is 0 Å². The predicted octanol–water partition coefficient (Wildman–Crippen LogP) is 3.04. The highest BCUT2D eigenvalue weighted by atomic mass is 127. The lowest BCUT2D eigenvalue weighted by atomic mass is 10.2. The summed E-state index contributed by atoms with van der Waals surface area (Å²) in [5.41, 5.74) is 2.93. The van der Waals surface area contributed by atoms with Gasteiger partial charge >= 0.3 is 0 Å². The highest BCUT2D eigenvalue weighted by molar-refractivity contribution is 14.1. The zero-order valence-electron chi connectivity index (χ0n) is 8.52. The van der Waals surface area contributed by atoms with Gasteiger partial charge in [0.15, 0.2) is 0 Å². The Bertz CT molecular complexity index is 531. The van der Waals surface area contributed by atoms with E-state index in [0.717, 1.165) is 25.9 Å². The van der Waals surface area contributed by atoms with E-state index >= 15 is 0 Å². The third-order valence-corrected chi connectivity index (χ3v) is 2.92. The summed E-state index contributed by atoms with van der Waals surface area (Å²) in [6.07, 6.45) is 0. The Morgan fingerprint density at radius 1 is 1.47 bits per heavy atom. The Labute approximate surface area is 101 Å². The van der Waals surface area contributed by atoms with Gasteiger partial charge in [0.2, 0.25) is 5.91 Å². The predicted molar refractivity (Wildman–Crippen MR) is 70.1 cm³/mol. The van der Waals surface area contributed by atoms with Crippen LogP contribution in [0.3, 0.4) is 0 Å². The molecular weight excluding hydrogens is 303 g/mol. The maximum atomic E-state index is 11.1. The molecule has 78 valence electrons. The zero-order chi connectivity index (χ0) is 11.0. The van der Waals surface area contributed by atoms with E-state index in [4.69, 9.17) is 0 Å². The number of aryl methyl sites for hydroxylation is 1. The van der Waals surface area contributed by atoms with Crippen LogP contribution in [0.4, 0.5) is 5.69 Å². The highest BCUT2D eigenvalue weighted by Gasteiger charge is 2.09. The molecule has 4 heteroatoms. The van der Waals surface area contributed by atoms with Crippen LogP contribution in [0, 0.1) is 10.5 Å². The molecule has 0 atom stereocenters. The van der Waals surface area contributed by atoms with Crippen molar-refractivity contribution in [2.45, 2.75) is 13.8 Å². The number of hydrogen-bond acceptors (Lipinski definition) is 1. The van der Waals surface area contributed by atoms with Crippen LogP contribution in [0.15, 0.2) is 18.2 Å². The second kappa shape index (κ2) is 3.84. The molecule has 1 aromatic heterocycles. The van der Waals surface area contributed by atoms with Crippen LogP contribution in [0.5, 0.6) is 0 Å². The molecule has 0 saturated carbocycles.